The molecule has 0 fully saturated rings. The second kappa shape index (κ2) is 7.98. The number of rotatable bonds is 5. The molecule has 4 N–H and O–H groups in total. The van der Waals surface area contributed by atoms with E-state index >= 15 is 0 Å². The number of benzene rings is 2. The van der Waals surface area contributed by atoms with Gasteiger partial charge in [0.1, 0.15) is 28.7 Å². The number of nitrogens with two attached hydrogens (primary N) is 1. The van der Waals surface area contributed by atoms with Crippen LogP contribution in [0, 0.1) is 11.6 Å². The van der Waals surface area contributed by atoms with Gasteiger partial charge in [0.25, 0.3) is 0 Å². The van der Waals surface area contributed by atoms with Crippen molar-refractivity contribution in [3.63, 3.8) is 0 Å². The Hall–Kier alpha value is -4.13. The maximum absolute atomic E-state index is 14.6. The lowest BCUT2D eigenvalue weighted by Crippen LogP contribution is -2.07. The lowest BCUT2D eigenvalue weighted by molar-refractivity contribution is 0.548. The van der Waals surface area contributed by atoms with Gasteiger partial charge in [-0.05, 0) is 44.2 Å². The smallest absolute Gasteiger partial charge is 0.231 e. The van der Waals surface area contributed by atoms with Gasteiger partial charge in [0.2, 0.25) is 5.95 Å². The molecule has 0 aliphatic heterocycles. The number of aromatic amines is 1. The fourth-order valence-electron chi connectivity index (χ4n) is 3.83. The van der Waals surface area contributed by atoms with Crippen molar-refractivity contribution in [1.82, 2.24) is 29.9 Å². The number of nitrogens with zero attached hydrogens (tertiary/aromatic N) is 5. The van der Waals surface area contributed by atoms with Gasteiger partial charge in [-0.1, -0.05) is 0 Å². The molecule has 0 aliphatic rings. The minimum absolute atomic E-state index is 0.00178. The Morgan fingerprint density at radius 2 is 1.89 bits per heavy atom. The summed E-state index contributed by atoms with van der Waals surface area (Å²) in [6.07, 6.45) is 2.50. The van der Waals surface area contributed by atoms with Gasteiger partial charge in [-0.2, -0.15) is 20.2 Å². The summed E-state index contributed by atoms with van der Waals surface area (Å²) in [6.45, 7) is 3.81. The molecular weight excluding hydrogens is 478 g/mol. The number of hydrogen-bond donors (Lipinski definition) is 3. The van der Waals surface area contributed by atoms with Crippen LogP contribution in [0.1, 0.15) is 19.9 Å². The van der Waals surface area contributed by atoms with E-state index in [4.69, 9.17) is 5.73 Å². The number of nitrogens with one attached hydrogen (secondary N) is 2. The van der Waals surface area contributed by atoms with Crippen LogP contribution >= 0.6 is 0 Å². The Labute approximate surface area is 198 Å². The number of nitrogen functional groups attached to an aromatic ring is 1. The zero-order valence-corrected chi connectivity index (χ0v) is 19.7. The van der Waals surface area contributed by atoms with Gasteiger partial charge in [-0.3, -0.25) is 5.10 Å². The number of fused-ring (bicyclic) bond motifs is 2. The van der Waals surface area contributed by atoms with Crippen LogP contribution in [0.2, 0.25) is 0 Å². The van der Waals surface area contributed by atoms with E-state index in [1.54, 1.807) is 10.7 Å². The normalized spacial score (nSPS) is 12.2. The molecule has 0 saturated carbocycles. The fourth-order valence-corrected chi connectivity index (χ4v) is 4.46. The monoisotopic (exact) mass is 498 g/mol. The quantitative estimate of drug-likeness (QED) is 0.330. The molecule has 0 atom stereocenters. The standard InChI is InChI=1S/C22H20F2N8O2S/c1-10(2)32-21-17(19(31-32)12-5-6-14(23)18-13(12)9-26-30-18)20(25)28-22(29-21)27-16-7-4-11(8-15(16)24)35(3,33)34/h4-10H,1-3H3,(H,26,30)(H3,25,27,28,29). The number of H-pyrrole nitrogens is 1. The van der Waals surface area contributed by atoms with Gasteiger partial charge in [-0.15, -0.1) is 0 Å². The van der Waals surface area contributed by atoms with Gasteiger partial charge < -0.3 is 11.1 Å². The lowest BCUT2D eigenvalue weighted by atomic mass is 10.0. The summed E-state index contributed by atoms with van der Waals surface area (Å²) < 4.78 is 53.8. The third-order valence-electron chi connectivity index (χ3n) is 5.50. The molecule has 0 aliphatic carbocycles. The predicted molar refractivity (Wildman–Crippen MR) is 128 cm³/mol. The van der Waals surface area contributed by atoms with Crippen LogP contribution < -0.4 is 11.1 Å². The summed E-state index contributed by atoms with van der Waals surface area (Å²) in [6, 6.07) is 6.26. The van der Waals surface area contributed by atoms with Gasteiger partial charge in [0.15, 0.2) is 15.5 Å². The molecule has 35 heavy (non-hydrogen) atoms. The molecular formula is C22H20F2N8O2S. The molecule has 0 saturated heterocycles. The largest absolute Gasteiger partial charge is 0.383 e. The van der Waals surface area contributed by atoms with Crippen molar-refractivity contribution in [3.05, 3.63) is 48.2 Å². The summed E-state index contributed by atoms with van der Waals surface area (Å²) >= 11 is 0. The van der Waals surface area contributed by atoms with E-state index in [0.717, 1.165) is 12.3 Å². The summed E-state index contributed by atoms with van der Waals surface area (Å²) in [5, 5.41) is 15.0. The fraction of sp³-hybridized carbons (Fsp3) is 0.182. The Balaban J connectivity index is 1.66. The first-order valence-corrected chi connectivity index (χ1v) is 12.4. The highest BCUT2D eigenvalue weighted by molar-refractivity contribution is 7.90. The van der Waals surface area contributed by atoms with E-state index in [2.05, 4.69) is 30.6 Å². The minimum atomic E-state index is -3.56. The number of anilines is 3. The summed E-state index contributed by atoms with van der Waals surface area (Å²) in [5.41, 5.74) is 7.97. The molecule has 2 aromatic carbocycles. The maximum atomic E-state index is 14.6. The van der Waals surface area contributed by atoms with E-state index < -0.39 is 21.5 Å². The molecule has 0 radical (unpaired) electrons. The molecule has 5 aromatic rings. The first-order chi connectivity index (χ1) is 16.5. The number of sulfone groups is 1. The van der Waals surface area contributed by atoms with Crippen LogP contribution in [0.3, 0.4) is 0 Å². The Morgan fingerprint density at radius 3 is 2.57 bits per heavy atom. The highest BCUT2D eigenvalue weighted by Crippen LogP contribution is 2.37. The molecule has 0 amide bonds. The maximum Gasteiger partial charge on any atom is 0.231 e. The van der Waals surface area contributed by atoms with E-state index in [9.17, 15) is 17.2 Å². The lowest BCUT2D eigenvalue weighted by Gasteiger charge is -2.10. The molecule has 10 nitrogen and oxygen atoms in total. The number of hydrogen-bond acceptors (Lipinski definition) is 8. The summed E-state index contributed by atoms with van der Waals surface area (Å²) in [5.74, 6) is -1.16. The molecule has 5 rings (SSSR count). The van der Waals surface area contributed by atoms with Crippen LogP contribution in [0.25, 0.3) is 33.2 Å². The zero-order valence-electron chi connectivity index (χ0n) is 18.8. The van der Waals surface area contributed by atoms with Crippen LogP contribution in [0.5, 0.6) is 0 Å². The average molecular weight is 499 g/mol. The van der Waals surface area contributed by atoms with Crippen LogP contribution in [0.4, 0.5) is 26.2 Å². The predicted octanol–water partition coefficient (Wildman–Crippen LogP) is 3.96. The molecule has 3 aromatic heterocycles. The van der Waals surface area contributed by atoms with Crippen LogP contribution in [-0.4, -0.2) is 44.6 Å². The van der Waals surface area contributed by atoms with Crippen LogP contribution in [-0.2, 0) is 9.84 Å². The molecule has 0 bridgehead atoms. The van der Waals surface area contributed by atoms with E-state index in [0.29, 0.717) is 27.7 Å². The molecule has 180 valence electrons. The first-order valence-electron chi connectivity index (χ1n) is 10.5. The second-order valence-corrected chi connectivity index (χ2v) is 10.3. The van der Waals surface area contributed by atoms with E-state index in [-0.39, 0.29) is 33.9 Å². The Morgan fingerprint density at radius 1 is 1.11 bits per heavy atom. The molecule has 0 unspecified atom stereocenters. The van der Waals surface area contributed by atoms with Crippen molar-refractivity contribution in [2.24, 2.45) is 0 Å². The van der Waals surface area contributed by atoms with E-state index in [1.165, 1.54) is 24.4 Å². The molecule has 3 heterocycles. The van der Waals surface area contributed by atoms with Crippen molar-refractivity contribution >= 4 is 49.2 Å². The third-order valence-corrected chi connectivity index (χ3v) is 6.61. The van der Waals surface area contributed by atoms with Crippen LogP contribution in [0.15, 0.2) is 41.4 Å². The third kappa shape index (κ3) is 3.83. The van der Waals surface area contributed by atoms with Crippen molar-refractivity contribution in [2.45, 2.75) is 24.8 Å². The van der Waals surface area contributed by atoms with E-state index in [1.807, 2.05) is 13.8 Å². The Bertz CT molecular complexity index is 1730. The average Bonchev–Trinajstić information content (AvgIpc) is 3.41. The number of halogens is 2. The topological polar surface area (TPSA) is 144 Å². The van der Waals surface area contributed by atoms with Crippen molar-refractivity contribution in [1.29, 1.82) is 0 Å². The van der Waals surface area contributed by atoms with Crippen molar-refractivity contribution < 1.29 is 17.2 Å². The van der Waals surface area contributed by atoms with Crippen molar-refractivity contribution in [2.75, 3.05) is 17.3 Å². The summed E-state index contributed by atoms with van der Waals surface area (Å²) in [7, 11) is -3.56. The highest BCUT2D eigenvalue weighted by Gasteiger charge is 2.23. The second-order valence-electron chi connectivity index (χ2n) is 8.31. The zero-order chi connectivity index (χ0) is 25.1. The number of aromatic nitrogens is 6. The van der Waals surface area contributed by atoms with Gasteiger partial charge in [-0.25, -0.2) is 21.9 Å². The minimum Gasteiger partial charge on any atom is -0.383 e. The highest BCUT2D eigenvalue weighted by atomic mass is 32.2. The van der Waals surface area contributed by atoms with Gasteiger partial charge in [0, 0.05) is 23.2 Å². The SMILES string of the molecule is CC(C)n1nc(-c2ccc(F)c3[nH]ncc23)c2c(N)nc(Nc3ccc(S(C)(=O)=O)cc3F)nc21. The molecule has 13 heteroatoms. The summed E-state index contributed by atoms with van der Waals surface area (Å²) in [4.78, 5) is 8.64. The Kier molecular flexibility index (Phi) is 5.16. The van der Waals surface area contributed by atoms with Gasteiger partial charge in [0.05, 0.1) is 22.2 Å². The molecule has 0 spiro atoms. The van der Waals surface area contributed by atoms with Gasteiger partial charge >= 0.3 is 0 Å². The van der Waals surface area contributed by atoms with Crippen molar-refractivity contribution in [3.8, 4) is 11.3 Å². The first kappa shape index (κ1) is 22.7.